The number of hydrogen-bond donors (Lipinski definition) is 0. The van der Waals surface area contributed by atoms with Gasteiger partial charge in [-0.25, -0.2) is 0 Å². The minimum absolute atomic E-state index is 0.391. The molecule has 0 radical (unpaired) electrons. The van der Waals surface area contributed by atoms with E-state index in [1.54, 1.807) is 12.7 Å². The van der Waals surface area contributed by atoms with E-state index in [0.29, 0.717) is 16.9 Å². The monoisotopic (exact) mass is 331 g/mol. The zero-order valence-electron chi connectivity index (χ0n) is 15.8. The number of nitrogens with zero attached hydrogens (tertiary/aromatic N) is 1. The summed E-state index contributed by atoms with van der Waals surface area (Å²) < 4.78 is 5.90. The number of ether oxygens (including phenoxy) is 1. The molecule has 0 aromatic carbocycles. The molecule has 24 heavy (non-hydrogen) atoms. The molecule has 0 aromatic heterocycles. The van der Waals surface area contributed by atoms with Crippen LogP contribution in [0.3, 0.4) is 0 Å². The summed E-state index contributed by atoms with van der Waals surface area (Å²) in [5.41, 5.74) is 3.60. The van der Waals surface area contributed by atoms with Crippen LogP contribution in [0, 0.1) is 28.6 Å². The third kappa shape index (κ3) is 2.23. The molecule has 0 N–H and O–H groups in total. The standard InChI is InChI=1S/C21H33NO2/c1-20-11-9-15(22-24-4)13-14(20)5-6-16-17-7-8-19(23-3)21(17,2)12-10-18(16)20/h13,16-19H,5-12H2,1-4H3/b22-15+. The Labute approximate surface area is 146 Å². The molecule has 6 atom stereocenters. The van der Waals surface area contributed by atoms with Gasteiger partial charge in [-0.1, -0.05) is 24.6 Å². The first-order valence-electron chi connectivity index (χ1n) is 9.87. The molecule has 4 rings (SSSR count). The fourth-order valence-corrected chi connectivity index (χ4v) is 7.10. The summed E-state index contributed by atoms with van der Waals surface area (Å²) in [4.78, 5) is 5.02. The zero-order chi connectivity index (χ0) is 16.9. The van der Waals surface area contributed by atoms with E-state index in [-0.39, 0.29) is 0 Å². The van der Waals surface area contributed by atoms with Crippen molar-refractivity contribution in [2.75, 3.05) is 14.2 Å². The van der Waals surface area contributed by atoms with E-state index >= 15 is 0 Å². The van der Waals surface area contributed by atoms with E-state index in [1.807, 2.05) is 7.11 Å². The van der Waals surface area contributed by atoms with Crippen molar-refractivity contribution in [1.82, 2.24) is 0 Å². The van der Waals surface area contributed by atoms with Gasteiger partial charge in [0.05, 0.1) is 11.8 Å². The Morgan fingerprint density at radius 2 is 1.83 bits per heavy atom. The number of allylic oxidation sites excluding steroid dienone is 2. The van der Waals surface area contributed by atoms with Gasteiger partial charge >= 0.3 is 0 Å². The smallest absolute Gasteiger partial charge is 0.106 e. The van der Waals surface area contributed by atoms with Crippen LogP contribution in [0.15, 0.2) is 16.8 Å². The van der Waals surface area contributed by atoms with Crippen LogP contribution in [0.25, 0.3) is 0 Å². The average molecular weight is 332 g/mol. The Bertz CT molecular complexity index is 568. The van der Waals surface area contributed by atoms with Gasteiger partial charge in [-0.15, -0.1) is 0 Å². The van der Waals surface area contributed by atoms with Gasteiger partial charge in [0.25, 0.3) is 0 Å². The van der Waals surface area contributed by atoms with Gasteiger partial charge in [0.15, 0.2) is 0 Å². The fourth-order valence-electron chi connectivity index (χ4n) is 7.10. The lowest BCUT2D eigenvalue weighted by molar-refractivity contribution is -0.0834. The summed E-state index contributed by atoms with van der Waals surface area (Å²) in [5.74, 6) is 2.62. The largest absolute Gasteiger partial charge is 0.399 e. The van der Waals surface area contributed by atoms with Gasteiger partial charge in [0.2, 0.25) is 0 Å². The highest BCUT2D eigenvalue weighted by Gasteiger charge is 2.59. The predicted octanol–water partition coefficient (Wildman–Crippen LogP) is 4.97. The first kappa shape index (κ1) is 16.6. The molecule has 0 amide bonds. The molecular weight excluding hydrogens is 298 g/mol. The molecule has 0 saturated heterocycles. The first-order chi connectivity index (χ1) is 11.5. The molecule has 0 aliphatic heterocycles. The molecule has 0 heterocycles. The minimum atomic E-state index is 0.391. The van der Waals surface area contributed by atoms with Crippen LogP contribution in [0.4, 0.5) is 0 Å². The van der Waals surface area contributed by atoms with E-state index in [2.05, 4.69) is 25.1 Å². The van der Waals surface area contributed by atoms with Crippen LogP contribution in [-0.2, 0) is 9.57 Å². The van der Waals surface area contributed by atoms with E-state index in [4.69, 9.17) is 9.57 Å². The Morgan fingerprint density at radius 3 is 2.58 bits per heavy atom. The van der Waals surface area contributed by atoms with E-state index < -0.39 is 0 Å². The van der Waals surface area contributed by atoms with Crippen LogP contribution in [0.5, 0.6) is 0 Å². The van der Waals surface area contributed by atoms with Crippen molar-refractivity contribution in [2.45, 2.75) is 71.3 Å². The molecule has 0 bridgehead atoms. The maximum Gasteiger partial charge on any atom is 0.106 e. The third-order valence-corrected chi connectivity index (χ3v) is 8.38. The second kappa shape index (κ2) is 5.86. The summed E-state index contributed by atoms with van der Waals surface area (Å²) >= 11 is 0. The Morgan fingerprint density at radius 1 is 1.00 bits per heavy atom. The van der Waals surface area contributed by atoms with Crippen LogP contribution in [0.1, 0.15) is 65.2 Å². The van der Waals surface area contributed by atoms with Crippen molar-refractivity contribution in [3.05, 3.63) is 11.6 Å². The highest BCUT2D eigenvalue weighted by molar-refractivity contribution is 5.96. The van der Waals surface area contributed by atoms with Gasteiger partial charge in [-0.3, -0.25) is 0 Å². The first-order valence-corrected chi connectivity index (χ1v) is 9.87. The van der Waals surface area contributed by atoms with Crippen molar-refractivity contribution in [3.8, 4) is 0 Å². The van der Waals surface area contributed by atoms with E-state index in [9.17, 15) is 0 Å². The summed E-state index contributed by atoms with van der Waals surface area (Å²) in [5, 5.41) is 4.22. The van der Waals surface area contributed by atoms with Crippen molar-refractivity contribution < 1.29 is 9.57 Å². The molecule has 0 aromatic rings. The molecule has 3 heteroatoms. The molecular formula is C21H33NO2. The highest BCUT2D eigenvalue weighted by atomic mass is 16.6. The lowest BCUT2D eigenvalue weighted by Gasteiger charge is -2.58. The van der Waals surface area contributed by atoms with E-state index in [1.165, 1.54) is 44.9 Å². The third-order valence-electron chi connectivity index (χ3n) is 8.38. The lowest BCUT2D eigenvalue weighted by Crippen LogP contribution is -2.51. The van der Waals surface area contributed by atoms with Crippen molar-refractivity contribution >= 4 is 5.71 Å². The molecule has 4 aliphatic rings. The summed E-state index contributed by atoms with van der Waals surface area (Å²) in [6, 6.07) is 0. The van der Waals surface area contributed by atoms with Gasteiger partial charge in [-0.2, -0.15) is 0 Å². The molecule has 0 spiro atoms. The molecule has 3 saturated carbocycles. The van der Waals surface area contributed by atoms with Crippen LogP contribution in [0.2, 0.25) is 0 Å². The van der Waals surface area contributed by atoms with Gasteiger partial charge in [0, 0.05) is 7.11 Å². The number of methoxy groups -OCH3 is 1. The van der Waals surface area contributed by atoms with Gasteiger partial charge in [0.1, 0.15) is 7.11 Å². The maximum atomic E-state index is 5.90. The number of hydrogen-bond acceptors (Lipinski definition) is 3. The van der Waals surface area contributed by atoms with Crippen LogP contribution in [-0.4, -0.2) is 26.0 Å². The Kier molecular flexibility index (Phi) is 4.06. The fraction of sp³-hybridized carbons (Fsp3) is 0.857. The molecule has 3 fully saturated rings. The maximum absolute atomic E-state index is 5.90. The average Bonchev–Trinajstić information content (AvgIpc) is 2.92. The zero-order valence-corrected chi connectivity index (χ0v) is 15.8. The molecule has 3 nitrogen and oxygen atoms in total. The molecule has 4 aliphatic carbocycles. The predicted molar refractivity (Wildman–Crippen MR) is 96.9 cm³/mol. The topological polar surface area (TPSA) is 30.8 Å². The second-order valence-corrected chi connectivity index (χ2v) is 9.11. The SMILES string of the molecule is CO/N=C1/C=C2CCC3C(CCC4(C)C(OC)CCC34)C2(C)CC1. The van der Waals surface area contributed by atoms with Gasteiger partial charge in [-0.05, 0) is 86.0 Å². The Hall–Kier alpha value is -0.830. The summed E-state index contributed by atoms with van der Waals surface area (Å²) in [7, 11) is 3.58. The lowest BCUT2D eigenvalue weighted by atomic mass is 9.47. The number of fused-ring (bicyclic) bond motifs is 5. The van der Waals surface area contributed by atoms with Crippen molar-refractivity contribution in [1.29, 1.82) is 0 Å². The number of rotatable bonds is 2. The molecule has 6 unspecified atom stereocenters. The Balaban J connectivity index is 1.63. The van der Waals surface area contributed by atoms with Crippen molar-refractivity contribution in [3.63, 3.8) is 0 Å². The van der Waals surface area contributed by atoms with Crippen molar-refractivity contribution in [2.24, 2.45) is 33.7 Å². The van der Waals surface area contributed by atoms with E-state index in [0.717, 1.165) is 29.9 Å². The van der Waals surface area contributed by atoms with Crippen LogP contribution >= 0.6 is 0 Å². The molecule has 134 valence electrons. The summed E-state index contributed by atoms with van der Waals surface area (Å²) in [6.07, 6.45) is 13.2. The summed E-state index contributed by atoms with van der Waals surface area (Å²) in [6.45, 7) is 5.07. The van der Waals surface area contributed by atoms with Crippen LogP contribution < -0.4 is 0 Å². The minimum Gasteiger partial charge on any atom is -0.399 e. The number of oxime groups is 1. The second-order valence-electron chi connectivity index (χ2n) is 9.11. The quantitative estimate of drug-likeness (QED) is 0.669. The van der Waals surface area contributed by atoms with Gasteiger partial charge < -0.3 is 9.57 Å². The highest BCUT2D eigenvalue weighted by Crippen LogP contribution is 2.65. The normalized spacial score (nSPS) is 49.2.